The molecule has 0 saturated heterocycles. The van der Waals surface area contributed by atoms with E-state index in [1.165, 1.54) is 32.1 Å². The third kappa shape index (κ3) is 5.40. The molecule has 1 amide bonds. The van der Waals surface area contributed by atoms with Gasteiger partial charge in [0.05, 0.1) is 0 Å². The number of hydrogen-bond donors (Lipinski definition) is 2. The minimum absolute atomic E-state index is 0.0455. The normalized spacial score (nSPS) is 31.4. The van der Waals surface area contributed by atoms with Crippen LogP contribution in [0.5, 0.6) is 0 Å². The number of halogens is 2. The minimum Gasteiger partial charge on any atom is -0.353 e. The number of nitrogens with one attached hydrogen (secondary N) is 2. The van der Waals surface area contributed by atoms with E-state index >= 15 is 0 Å². The second-order valence-corrected chi connectivity index (χ2v) is 8.35. The van der Waals surface area contributed by atoms with E-state index in [2.05, 4.69) is 10.6 Å². The van der Waals surface area contributed by atoms with E-state index in [-0.39, 0.29) is 18.7 Å². The summed E-state index contributed by atoms with van der Waals surface area (Å²) in [7, 11) is 0. The molecule has 3 aliphatic carbocycles. The van der Waals surface area contributed by atoms with Crippen LogP contribution in [-0.4, -0.2) is 30.5 Å². The van der Waals surface area contributed by atoms with Crippen LogP contribution >= 0.6 is 0 Å². The van der Waals surface area contributed by atoms with Crippen LogP contribution in [0.4, 0.5) is 8.78 Å². The maximum Gasteiger partial charge on any atom is 0.248 e. The summed E-state index contributed by atoms with van der Waals surface area (Å²) in [5.41, 5.74) is 0. The molecule has 3 fully saturated rings. The predicted molar refractivity (Wildman–Crippen MR) is 91.1 cm³/mol. The summed E-state index contributed by atoms with van der Waals surface area (Å²) in [6, 6.07) is 0.765. The van der Waals surface area contributed by atoms with E-state index in [0.717, 1.165) is 19.4 Å². The Bertz CT molecular complexity index is 408. The first-order valence-electron chi connectivity index (χ1n) is 9.91. The highest BCUT2D eigenvalue weighted by molar-refractivity contribution is 5.76. The number of amides is 1. The van der Waals surface area contributed by atoms with Crippen molar-refractivity contribution < 1.29 is 13.6 Å². The van der Waals surface area contributed by atoms with Gasteiger partial charge >= 0.3 is 0 Å². The molecular weight excluding hydrogens is 310 g/mol. The standard InChI is InChI=1S/C19H32F2N2O/c20-19(21)8-6-15(7-9-19)13-22-16-11-17(12-16)23-18(24)10-14-4-2-1-3-5-14/h14-17,22H,1-13H2,(H,23,24)/t16-,17-. The predicted octanol–water partition coefficient (Wildman–Crippen LogP) is 4.02. The molecule has 0 aromatic carbocycles. The van der Waals surface area contributed by atoms with Gasteiger partial charge in [0.1, 0.15) is 0 Å². The average molecular weight is 342 g/mol. The van der Waals surface area contributed by atoms with Crippen LogP contribution in [-0.2, 0) is 4.79 Å². The van der Waals surface area contributed by atoms with E-state index in [0.29, 0.717) is 43.2 Å². The van der Waals surface area contributed by atoms with Gasteiger partial charge in [0.2, 0.25) is 11.8 Å². The first kappa shape index (κ1) is 18.1. The fourth-order valence-electron chi connectivity index (χ4n) is 4.48. The molecule has 138 valence electrons. The van der Waals surface area contributed by atoms with Crippen LogP contribution in [0.25, 0.3) is 0 Å². The minimum atomic E-state index is -2.43. The van der Waals surface area contributed by atoms with Gasteiger partial charge in [0.15, 0.2) is 0 Å². The van der Waals surface area contributed by atoms with Crippen LogP contribution < -0.4 is 10.6 Å². The van der Waals surface area contributed by atoms with Gasteiger partial charge in [0.25, 0.3) is 0 Å². The largest absolute Gasteiger partial charge is 0.353 e. The molecule has 3 nitrogen and oxygen atoms in total. The number of carbonyl (C=O) groups is 1. The molecule has 0 aromatic heterocycles. The maximum atomic E-state index is 13.1. The highest BCUT2D eigenvalue weighted by Crippen LogP contribution is 2.36. The van der Waals surface area contributed by atoms with Crippen molar-refractivity contribution in [1.82, 2.24) is 10.6 Å². The third-order valence-corrected chi connectivity index (χ3v) is 6.23. The van der Waals surface area contributed by atoms with Gasteiger partial charge < -0.3 is 10.6 Å². The van der Waals surface area contributed by atoms with Gasteiger partial charge in [-0.3, -0.25) is 4.79 Å². The van der Waals surface area contributed by atoms with Gasteiger partial charge in [-0.1, -0.05) is 19.3 Å². The monoisotopic (exact) mass is 342 g/mol. The molecule has 0 aromatic rings. The first-order valence-corrected chi connectivity index (χ1v) is 9.91. The fraction of sp³-hybridized carbons (Fsp3) is 0.947. The molecule has 0 heterocycles. The summed E-state index contributed by atoms with van der Waals surface area (Å²) in [5, 5.41) is 6.67. The lowest BCUT2D eigenvalue weighted by molar-refractivity contribution is -0.123. The van der Waals surface area contributed by atoms with Crippen LogP contribution in [0.2, 0.25) is 0 Å². The van der Waals surface area contributed by atoms with E-state index in [4.69, 9.17) is 0 Å². The van der Waals surface area contributed by atoms with Crippen molar-refractivity contribution in [2.45, 2.75) is 95.1 Å². The lowest BCUT2D eigenvalue weighted by atomic mass is 9.83. The summed E-state index contributed by atoms with van der Waals surface area (Å²) < 4.78 is 26.3. The van der Waals surface area contributed by atoms with E-state index in [9.17, 15) is 13.6 Å². The van der Waals surface area contributed by atoms with E-state index < -0.39 is 5.92 Å². The zero-order chi connectivity index (χ0) is 17.0. The molecule has 3 saturated carbocycles. The molecule has 0 bridgehead atoms. The molecule has 2 N–H and O–H groups in total. The lowest BCUT2D eigenvalue weighted by Gasteiger charge is -2.38. The molecule has 0 radical (unpaired) electrons. The first-order chi connectivity index (χ1) is 11.5. The van der Waals surface area contributed by atoms with Crippen molar-refractivity contribution in [1.29, 1.82) is 0 Å². The number of alkyl halides is 2. The van der Waals surface area contributed by atoms with Crippen LogP contribution in [0.15, 0.2) is 0 Å². The number of hydrogen-bond acceptors (Lipinski definition) is 2. The Morgan fingerprint density at radius 3 is 2.25 bits per heavy atom. The van der Waals surface area contributed by atoms with Crippen molar-refractivity contribution >= 4 is 5.91 Å². The SMILES string of the molecule is O=C(CC1CCCCC1)N[C@H]1C[C@H](NCC2CCC(F)(F)CC2)C1. The van der Waals surface area contributed by atoms with Crippen molar-refractivity contribution in [2.24, 2.45) is 11.8 Å². The average Bonchev–Trinajstić information content (AvgIpc) is 2.51. The van der Waals surface area contributed by atoms with Crippen LogP contribution in [0.1, 0.15) is 77.0 Å². The summed E-state index contributed by atoms with van der Waals surface area (Å²) >= 11 is 0. The Morgan fingerprint density at radius 2 is 1.58 bits per heavy atom. The van der Waals surface area contributed by atoms with Gasteiger partial charge in [-0.05, 0) is 56.9 Å². The van der Waals surface area contributed by atoms with Gasteiger partial charge in [-0.15, -0.1) is 0 Å². The second-order valence-electron chi connectivity index (χ2n) is 8.35. The summed E-state index contributed by atoms with van der Waals surface area (Å²) in [5.74, 6) is -1.22. The molecule has 3 aliphatic rings. The van der Waals surface area contributed by atoms with Crippen LogP contribution in [0, 0.1) is 11.8 Å². The fourth-order valence-corrected chi connectivity index (χ4v) is 4.48. The van der Waals surface area contributed by atoms with Crippen LogP contribution in [0.3, 0.4) is 0 Å². The molecule has 0 unspecified atom stereocenters. The smallest absolute Gasteiger partial charge is 0.248 e. The molecule has 24 heavy (non-hydrogen) atoms. The lowest BCUT2D eigenvalue weighted by Crippen LogP contribution is -2.53. The molecular formula is C19H32F2N2O. The molecule has 0 atom stereocenters. The molecule has 3 rings (SSSR count). The van der Waals surface area contributed by atoms with Crippen molar-refractivity contribution in [3.05, 3.63) is 0 Å². The Hall–Kier alpha value is -0.710. The zero-order valence-electron chi connectivity index (χ0n) is 14.7. The third-order valence-electron chi connectivity index (χ3n) is 6.23. The van der Waals surface area contributed by atoms with Crippen molar-refractivity contribution in [3.63, 3.8) is 0 Å². The molecule has 0 aliphatic heterocycles. The summed E-state index contributed by atoms with van der Waals surface area (Å²) in [4.78, 5) is 12.1. The van der Waals surface area contributed by atoms with E-state index in [1.54, 1.807) is 0 Å². The van der Waals surface area contributed by atoms with Gasteiger partial charge in [0, 0.05) is 31.3 Å². The Labute approximate surface area is 144 Å². The number of carbonyl (C=O) groups excluding carboxylic acids is 1. The summed E-state index contributed by atoms with van der Waals surface area (Å²) in [6.45, 7) is 0.851. The quantitative estimate of drug-likeness (QED) is 0.765. The van der Waals surface area contributed by atoms with Crippen molar-refractivity contribution in [3.8, 4) is 0 Å². The van der Waals surface area contributed by atoms with E-state index in [1.807, 2.05) is 0 Å². The van der Waals surface area contributed by atoms with Gasteiger partial charge in [-0.25, -0.2) is 8.78 Å². The zero-order valence-corrected chi connectivity index (χ0v) is 14.7. The Morgan fingerprint density at radius 1 is 0.917 bits per heavy atom. The topological polar surface area (TPSA) is 41.1 Å². The Kier molecular flexibility index (Phi) is 6.12. The summed E-state index contributed by atoms with van der Waals surface area (Å²) in [6.07, 6.45) is 10.3. The van der Waals surface area contributed by atoms with Gasteiger partial charge in [-0.2, -0.15) is 0 Å². The molecule has 5 heteroatoms. The molecule has 0 spiro atoms. The van der Waals surface area contributed by atoms with Crippen molar-refractivity contribution in [2.75, 3.05) is 6.54 Å². The maximum absolute atomic E-state index is 13.1. The number of rotatable bonds is 6. The highest BCUT2D eigenvalue weighted by Gasteiger charge is 2.36. The second kappa shape index (κ2) is 8.11. The Balaban J connectivity index is 1.24. The highest BCUT2D eigenvalue weighted by atomic mass is 19.3.